The number of anilines is 1. The fourth-order valence-electron chi connectivity index (χ4n) is 4.11. The number of nitrogens with zero attached hydrogens (tertiary/aromatic N) is 1. The number of carbonyl (C=O) groups excluding carboxylic acids is 1. The van der Waals surface area contributed by atoms with Crippen molar-refractivity contribution >= 4 is 90.9 Å². The van der Waals surface area contributed by atoms with Crippen LogP contribution < -0.4 is 14.4 Å². The van der Waals surface area contributed by atoms with Crippen LogP contribution in [0.5, 0.6) is 11.5 Å². The van der Waals surface area contributed by atoms with Crippen LogP contribution in [0.4, 0.5) is 10.1 Å². The van der Waals surface area contributed by atoms with Crippen LogP contribution in [0.3, 0.4) is 0 Å². The third-order valence-corrected chi connectivity index (χ3v) is 8.23. The summed E-state index contributed by atoms with van der Waals surface area (Å²) in [5, 5.41) is 2.23. The Hall–Kier alpha value is -2.66. The van der Waals surface area contributed by atoms with E-state index in [9.17, 15) is 9.18 Å². The van der Waals surface area contributed by atoms with Crippen molar-refractivity contribution in [2.75, 3.05) is 11.5 Å². The van der Waals surface area contributed by atoms with E-state index >= 15 is 0 Å². The van der Waals surface area contributed by atoms with Gasteiger partial charge in [-0.15, -0.1) is 0 Å². The molecule has 1 saturated heterocycles. The zero-order valence-corrected chi connectivity index (χ0v) is 24.6. The van der Waals surface area contributed by atoms with Gasteiger partial charge in [0.25, 0.3) is 5.91 Å². The number of thioether (sulfide) groups is 1. The molecule has 1 amide bonds. The monoisotopic (exact) mass is 675 g/mol. The van der Waals surface area contributed by atoms with E-state index in [-0.39, 0.29) is 10.9 Å². The van der Waals surface area contributed by atoms with E-state index in [4.69, 9.17) is 33.3 Å². The smallest absolute Gasteiger partial charge is 0.270 e. The molecule has 1 aliphatic heterocycles. The highest BCUT2D eigenvalue weighted by Crippen LogP contribution is 2.40. The molecule has 0 saturated carbocycles. The van der Waals surface area contributed by atoms with E-state index in [1.54, 1.807) is 6.08 Å². The number of carbonyl (C=O) groups is 1. The summed E-state index contributed by atoms with van der Waals surface area (Å²) < 4.78 is 27.0. The van der Waals surface area contributed by atoms with Gasteiger partial charge in [-0.3, -0.25) is 9.69 Å². The summed E-state index contributed by atoms with van der Waals surface area (Å²) in [6, 6.07) is 22.2. The molecule has 1 heterocycles. The van der Waals surface area contributed by atoms with E-state index < -0.39 is 5.82 Å². The Balaban J connectivity index is 1.42. The lowest BCUT2D eigenvalue weighted by Crippen LogP contribution is -2.27. The SMILES string of the molecule is CCOc1cc(C=C2SC(=S)N(c3ccc(F)c(Cl)c3)C2=O)cc(I)c1OCc1cccc2ccccc12. The third-order valence-electron chi connectivity index (χ3n) is 5.84. The number of benzene rings is 4. The fourth-order valence-corrected chi connectivity index (χ4v) is 6.36. The van der Waals surface area contributed by atoms with Crippen molar-refractivity contribution in [3.8, 4) is 11.5 Å². The lowest BCUT2D eigenvalue weighted by molar-refractivity contribution is -0.113. The van der Waals surface area contributed by atoms with Crippen LogP contribution in [0, 0.1) is 9.39 Å². The quantitative estimate of drug-likeness (QED) is 0.111. The molecule has 0 radical (unpaired) electrons. The Morgan fingerprint density at radius 3 is 2.66 bits per heavy atom. The van der Waals surface area contributed by atoms with Crippen LogP contribution in [0.2, 0.25) is 5.02 Å². The molecule has 4 aromatic rings. The molecule has 0 atom stereocenters. The Kier molecular flexibility index (Phi) is 8.23. The zero-order valence-electron chi connectivity index (χ0n) is 20.0. The Morgan fingerprint density at radius 1 is 1.08 bits per heavy atom. The summed E-state index contributed by atoms with van der Waals surface area (Å²) in [7, 11) is 0. The van der Waals surface area contributed by atoms with E-state index in [2.05, 4.69) is 46.9 Å². The zero-order chi connectivity index (χ0) is 26.8. The number of hydrogen-bond donors (Lipinski definition) is 0. The predicted molar refractivity (Wildman–Crippen MR) is 166 cm³/mol. The summed E-state index contributed by atoms with van der Waals surface area (Å²) in [5.41, 5.74) is 2.27. The Labute approximate surface area is 247 Å². The molecule has 0 aliphatic carbocycles. The molecule has 0 aromatic heterocycles. The van der Waals surface area contributed by atoms with Crippen molar-refractivity contribution in [3.05, 3.63) is 103 Å². The van der Waals surface area contributed by atoms with Crippen LogP contribution in [0.1, 0.15) is 18.1 Å². The van der Waals surface area contributed by atoms with Crippen molar-refractivity contribution < 1.29 is 18.7 Å². The lowest BCUT2D eigenvalue weighted by atomic mass is 10.1. The highest BCUT2D eigenvalue weighted by Gasteiger charge is 2.33. The summed E-state index contributed by atoms with van der Waals surface area (Å²) in [4.78, 5) is 15.0. The minimum Gasteiger partial charge on any atom is -0.490 e. The predicted octanol–water partition coefficient (Wildman–Crippen LogP) is 8.62. The normalized spacial score (nSPS) is 14.5. The number of thiocarbonyl (C=S) groups is 1. The molecule has 0 spiro atoms. The molecule has 0 bridgehead atoms. The fraction of sp³-hybridized carbons (Fsp3) is 0.103. The maximum Gasteiger partial charge on any atom is 0.270 e. The molecule has 1 fully saturated rings. The first-order valence-electron chi connectivity index (χ1n) is 11.6. The summed E-state index contributed by atoms with van der Waals surface area (Å²) >= 11 is 14.8. The second-order valence-electron chi connectivity index (χ2n) is 8.31. The van der Waals surface area contributed by atoms with Gasteiger partial charge in [-0.1, -0.05) is 78.0 Å². The number of amides is 1. The first-order valence-corrected chi connectivity index (χ1v) is 14.3. The molecular weight excluding hydrogens is 656 g/mol. The lowest BCUT2D eigenvalue weighted by Gasteiger charge is -2.16. The van der Waals surface area contributed by atoms with Gasteiger partial charge in [-0.2, -0.15) is 0 Å². The molecule has 5 rings (SSSR count). The summed E-state index contributed by atoms with van der Waals surface area (Å²) in [6.45, 7) is 2.75. The van der Waals surface area contributed by atoms with Crippen molar-refractivity contribution in [3.63, 3.8) is 0 Å². The number of hydrogen-bond acceptors (Lipinski definition) is 5. The van der Waals surface area contributed by atoms with Crippen LogP contribution in [-0.2, 0) is 11.4 Å². The largest absolute Gasteiger partial charge is 0.490 e. The number of fused-ring (bicyclic) bond motifs is 1. The highest BCUT2D eigenvalue weighted by molar-refractivity contribution is 14.1. The van der Waals surface area contributed by atoms with Crippen LogP contribution >= 0.6 is 58.2 Å². The van der Waals surface area contributed by atoms with E-state index in [0.29, 0.717) is 39.6 Å². The first-order chi connectivity index (χ1) is 18.4. The van der Waals surface area contributed by atoms with Gasteiger partial charge < -0.3 is 9.47 Å². The van der Waals surface area contributed by atoms with Gasteiger partial charge in [0.1, 0.15) is 12.4 Å². The highest BCUT2D eigenvalue weighted by atomic mass is 127. The standard InChI is InChI=1S/C29H20ClFINO3S2/c1-2-35-25-13-17(14-26-28(34)33(29(37)38-26)20-10-11-23(31)22(30)15-20)12-24(32)27(25)36-16-19-8-5-7-18-6-3-4-9-21(18)19/h3-15H,2,16H2,1H3. The molecule has 0 N–H and O–H groups in total. The molecule has 38 heavy (non-hydrogen) atoms. The van der Waals surface area contributed by atoms with Crippen LogP contribution in [-0.4, -0.2) is 16.8 Å². The van der Waals surface area contributed by atoms with Gasteiger partial charge in [-0.05, 0) is 87.8 Å². The molecule has 192 valence electrons. The van der Waals surface area contributed by atoms with Crippen molar-refractivity contribution in [2.45, 2.75) is 13.5 Å². The van der Waals surface area contributed by atoms with Crippen molar-refractivity contribution in [1.82, 2.24) is 0 Å². The van der Waals surface area contributed by atoms with Crippen LogP contribution in [0.15, 0.2) is 77.7 Å². The van der Waals surface area contributed by atoms with Gasteiger partial charge in [-0.25, -0.2) is 4.39 Å². The average Bonchev–Trinajstić information content (AvgIpc) is 3.17. The van der Waals surface area contributed by atoms with Gasteiger partial charge >= 0.3 is 0 Å². The molecule has 0 unspecified atom stereocenters. The molecule has 9 heteroatoms. The minimum atomic E-state index is -0.558. The number of ether oxygens (including phenoxy) is 2. The number of halogens is 3. The maximum atomic E-state index is 13.6. The van der Waals surface area contributed by atoms with Crippen LogP contribution in [0.25, 0.3) is 16.8 Å². The minimum absolute atomic E-state index is 0.0736. The topological polar surface area (TPSA) is 38.8 Å². The average molecular weight is 676 g/mol. The molecule has 4 aromatic carbocycles. The third kappa shape index (κ3) is 5.54. The van der Waals surface area contributed by atoms with E-state index in [1.165, 1.54) is 34.9 Å². The van der Waals surface area contributed by atoms with E-state index in [1.807, 2.05) is 37.3 Å². The van der Waals surface area contributed by atoms with Gasteiger partial charge in [0.2, 0.25) is 0 Å². The summed E-state index contributed by atoms with van der Waals surface area (Å²) in [6.07, 6.45) is 1.77. The second-order valence-corrected chi connectivity index (χ2v) is 11.6. The second kappa shape index (κ2) is 11.6. The van der Waals surface area contributed by atoms with E-state index in [0.717, 1.165) is 25.5 Å². The maximum absolute atomic E-state index is 13.6. The Bertz CT molecular complexity index is 1610. The molecular formula is C29H20ClFINO3S2. The summed E-state index contributed by atoms with van der Waals surface area (Å²) in [5.74, 6) is 0.377. The molecule has 1 aliphatic rings. The van der Waals surface area contributed by atoms with Crippen molar-refractivity contribution in [2.24, 2.45) is 0 Å². The van der Waals surface area contributed by atoms with Gasteiger partial charge in [0.15, 0.2) is 15.8 Å². The Morgan fingerprint density at radius 2 is 1.87 bits per heavy atom. The first kappa shape index (κ1) is 26.9. The number of rotatable bonds is 7. The van der Waals surface area contributed by atoms with Gasteiger partial charge in [0, 0.05) is 0 Å². The molecule has 4 nitrogen and oxygen atoms in total. The van der Waals surface area contributed by atoms with Crippen molar-refractivity contribution in [1.29, 1.82) is 0 Å². The van der Waals surface area contributed by atoms with Gasteiger partial charge in [0.05, 0.1) is 25.8 Å².